The van der Waals surface area contributed by atoms with Crippen molar-refractivity contribution in [2.45, 2.75) is 63.7 Å². The van der Waals surface area contributed by atoms with Crippen LogP contribution >= 0.6 is 0 Å². The number of hydrogen-bond acceptors (Lipinski definition) is 6. The average molecular weight is 552 g/mol. The lowest BCUT2D eigenvalue weighted by Crippen LogP contribution is -2.56. The van der Waals surface area contributed by atoms with Crippen LogP contribution in [-0.2, 0) is 19.1 Å². The molecule has 0 aromatic heterocycles. The summed E-state index contributed by atoms with van der Waals surface area (Å²) in [4.78, 5) is 47.9. The molecule has 40 heavy (non-hydrogen) atoms. The molecule has 1 aromatic rings. The molecule has 1 unspecified atom stereocenters. The van der Waals surface area contributed by atoms with E-state index in [1.54, 1.807) is 14.7 Å². The quantitative estimate of drug-likeness (QED) is 0.355. The molecule has 5 atom stereocenters. The Morgan fingerprint density at radius 1 is 0.925 bits per heavy atom. The molecule has 2 fully saturated rings. The van der Waals surface area contributed by atoms with Crippen LogP contribution in [0, 0.1) is 11.8 Å². The Bertz CT molecular complexity index is 1180. The number of nitrogens with zero attached hydrogens (tertiary/aromatic N) is 3. The van der Waals surface area contributed by atoms with Crippen molar-refractivity contribution < 1.29 is 29.0 Å². The molecule has 5 rings (SSSR count). The zero-order valence-corrected chi connectivity index (χ0v) is 23.8. The maximum absolute atomic E-state index is 14.4. The molecule has 3 amide bonds. The largest absolute Gasteiger partial charge is 0.494 e. The lowest BCUT2D eigenvalue weighted by molar-refractivity contribution is -0.151. The highest BCUT2D eigenvalue weighted by molar-refractivity contribution is 6.04. The molecule has 2 saturated heterocycles. The van der Waals surface area contributed by atoms with Gasteiger partial charge in [-0.05, 0) is 57.4 Å². The highest BCUT2D eigenvalue weighted by Gasteiger charge is 2.74. The molecule has 9 nitrogen and oxygen atoms in total. The van der Waals surface area contributed by atoms with Gasteiger partial charge < -0.3 is 29.3 Å². The number of unbranched alkanes of at least 4 members (excludes halogenated alkanes) is 2. The topological polar surface area (TPSA) is 99.6 Å². The fourth-order valence-corrected chi connectivity index (χ4v) is 6.87. The minimum atomic E-state index is -1.25. The van der Waals surface area contributed by atoms with E-state index in [1.165, 1.54) is 0 Å². The zero-order chi connectivity index (χ0) is 28.5. The van der Waals surface area contributed by atoms with Gasteiger partial charge in [-0.2, -0.15) is 0 Å². The minimum absolute atomic E-state index is 0.00919. The van der Waals surface area contributed by atoms with Crippen LogP contribution in [0.4, 0.5) is 5.69 Å². The Kier molecular flexibility index (Phi) is 8.06. The maximum atomic E-state index is 14.4. The van der Waals surface area contributed by atoms with Gasteiger partial charge in [-0.15, -0.1) is 0 Å². The summed E-state index contributed by atoms with van der Waals surface area (Å²) in [7, 11) is 0. The van der Waals surface area contributed by atoms with Crippen LogP contribution in [0.1, 0.15) is 46.5 Å². The number of hydrogen-bond donors (Lipinski definition) is 1. The number of amides is 3. The fraction of sp³-hybridized carbons (Fsp3) is 0.581. The van der Waals surface area contributed by atoms with Gasteiger partial charge in [-0.25, -0.2) is 0 Å². The summed E-state index contributed by atoms with van der Waals surface area (Å²) in [6.45, 7) is 8.13. The predicted octanol–water partition coefficient (Wildman–Crippen LogP) is 2.93. The third-order valence-electron chi connectivity index (χ3n) is 8.69. The van der Waals surface area contributed by atoms with Gasteiger partial charge >= 0.3 is 0 Å². The van der Waals surface area contributed by atoms with Crippen LogP contribution in [0.5, 0.6) is 5.75 Å². The number of fused-ring (bicyclic) bond motifs is 2. The van der Waals surface area contributed by atoms with Crippen LogP contribution in [-0.4, -0.2) is 89.3 Å². The second-order valence-corrected chi connectivity index (χ2v) is 11.3. The van der Waals surface area contributed by atoms with Gasteiger partial charge in [0.2, 0.25) is 17.7 Å². The van der Waals surface area contributed by atoms with Crippen molar-refractivity contribution in [3.63, 3.8) is 0 Å². The molecule has 0 bridgehead atoms. The second-order valence-electron chi connectivity index (χ2n) is 11.3. The van der Waals surface area contributed by atoms with E-state index in [-0.39, 0.29) is 24.3 Å². The lowest BCUT2D eigenvalue weighted by Gasteiger charge is -2.37. The van der Waals surface area contributed by atoms with Gasteiger partial charge in [0.05, 0.1) is 24.0 Å². The van der Waals surface area contributed by atoms with Gasteiger partial charge in [0.15, 0.2) is 0 Å². The number of rotatable bonds is 10. The molecule has 4 aliphatic rings. The number of benzene rings is 1. The van der Waals surface area contributed by atoms with Crippen molar-refractivity contribution in [1.82, 2.24) is 9.80 Å². The molecule has 1 N–H and O–H groups in total. The van der Waals surface area contributed by atoms with Gasteiger partial charge in [0, 0.05) is 38.5 Å². The number of likely N-dealkylation sites (tertiary alicyclic amines) is 1. The monoisotopic (exact) mass is 551 g/mol. The highest BCUT2D eigenvalue weighted by Crippen LogP contribution is 2.57. The molecule has 4 heterocycles. The van der Waals surface area contributed by atoms with Crippen molar-refractivity contribution in [3.8, 4) is 5.75 Å². The molecule has 0 radical (unpaired) electrons. The molecule has 0 aliphatic carbocycles. The number of aliphatic hydroxyl groups excluding tert-OH is 1. The third kappa shape index (κ3) is 4.63. The van der Waals surface area contributed by atoms with Crippen molar-refractivity contribution >= 4 is 23.4 Å². The average Bonchev–Trinajstić information content (AvgIpc) is 3.20. The van der Waals surface area contributed by atoms with Gasteiger partial charge in [-0.3, -0.25) is 14.4 Å². The van der Waals surface area contributed by atoms with Crippen molar-refractivity contribution in [2.75, 3.05) is 44.3 Å². The smallest absolute Gasteiger partial charge is 0.249 e. The Labute approximate surface area is 236 Å². The summed E-state index contributed by atoms with van der Waals surface area (Å²) in [5, 5.41) is 9.39. The van der Waals surface area contributed by atoms with Crippen LogP contribution in [0.2, 0.25) is 0 Å². The normalized spacial score (nSPS) is 31.2. The molecule has 4 aliphatic heterocycles. The summed E-state index contributed by atoms with van der Waals surface area (Å²) in [5.74, 6) is -1.51. The fourth-order valence-electron chi connectivity index (χ4n) is 6.87. The first kappa shape index (κ1) is 28.4. The molecule has 9 heteroatoms. The van der Waals surface area contributed by atoms with E-state index in [0.717, 1.165) is 18.6 Å². The summed E-state index contributed by atoms with van der Waals surface area (Å²) in [6.07, 6.45) is 10.5. The number of ether oxygens (including phenoxy) is 2. The predicted molar refractivity (Wildman–Crippen MR) is 151 cm³/mol. The standard InChI is InChI=1S/C31H41N3O6/c1-4-6-17-32-18-10-16-31-25(28(37)34(19-7-8-21-35)26(31)29(32)38)24-27(36)33(20-9-15-30(24,3)40-31)22-11-13-23(14-12-22)39-5-2/h9-16,24-26,35H,4-8,17-21H2,1-3H3/t24-,25-,26?,30+,31-/m0/s1. The number of carbonyl (C=O) groups is 3. The van der Waals surface area contributed by atoms with E-state index >= 15 is 0 Å². The Morgan fingerprint density at radius 2 is 1.68 bits per heavy atom. The molecule has 1 aromatic carbocycles. The van der Waals surface area contributed by atoms with E-state index in [4.69, 9.17) is 9.47 Å². The minimum Gasteiger partial charge on any atom is -0.494 e. The Hall–Kier alpha value is -3.17. The molecular weight excluding hydrogens is 510 g/mol. The molecule has 1 spiro atoms. The highest BCUT2D eigenvalue weighted by atomic mass is 16.5. The van der Waals surface area contributed by atoms with Crippen LogP contribution in [0.3, 0.4) is 0 Å². The lowest BCUT2D eigenvalue weighted by atomic mass is 9.74. The van der Waals surface area contributed by atoms with E-state index in [1.807, 2.05) is 62.4 Å². The third-order valence-corrected chi connectivity index (χ3v) is 8.69. The number of anilines is 1. The van der Waals surface area contributed by atoms with E-state index in [2.05, 4.69) is 6.92 Å². The van der Waals surface area contributed by atoms with Crippen LogP contribution < -0.4 is 9.64 Å². The molecular formula is C31H41N3O6. The first-order valence-corrected chi connectivity index (χ1v) is 14.6. The van der Waals surface area contributed by atoms with Crippen LogP contribution in [0.25, 0.3) is 0 Å². The van der Waals surface area contributed by atoms with Gasteiger partial charge in [0.25, 0.3) is 0 Å². The summed E-state index contributed by atoms with van der Waals surface area (Å²) >= 11 is 0. The van der Waals surface area contributed by atoms with Gasteiger partial charge in [0.1, 0.15) is 17.4 Å². The molecule has 0 saturated carbocycles. The van der Waals surface area contributed by atoms with Crippen molar-refractivity contribution in [1.29, 1.82) is 0 Å². The first-order valence-electron chi connectivity index (χ1n) is 14.6. The summed E-state index contributed by atoms with van der Waals surface area (Å²) < 4.78 is 12.4. The SMILES string of the molecule is CCCCN1CC=C[C@]23O[C@]4(C)C=CCN(c5ccc(OCC)cc5)C(=O)[C@@H]4[C@H]2C(=O)N(CCCCO)C3C1=O. The first-order chi connectivity index (χ1) is 19.3. The Morgan fingerprint density at radius 3 is 2.38 bits per heavy atom. The Balaban J connectivity index is 1.55. The second kappa shape index (κ2) is 11.4. The van der Waals surface area contributed by atoms with E-state index in [9.17, 15) is 19.5 Å². The zero-order valence-electron chi connectivity index (χ0n) is 23.8. The molecule has 216 valence electrons. The van der Waals surface area contributed by atoms with Crippen LogP contribution in [0.15, 0.2) is 48.6 Å². The number of carbonyl (C=O) groups excluding carboxylic acids is 3. The number of aliphatic hydroxyl groups is 1. The van der Waals surface area contributed by atoms with E-state index in [0.29, 0.717) is 51.3 Å². The summed E-state index contributed by atoms with van der Waals surface area (Å²) in [6, 6.07) is 6.52. The van der Waals surface area contributed by atoms with Crippen molar-refractivity contribution in [2.24, 2.45) is 11.8 Å². The maximum Gasteiger partial charge on any atom is 0.249 e. The van der Waals surface area contributed by atoms with Gasteiger partial charge in [-0.1, -0.05) is 37.6 Å². The van der Waals surface area contributed by atoms with Crippen molar-refractivity contribution in [3.05, 3.63) is 48.6 Å². The van der Waals surface area contributed by atoms with E-state index < -0.39 is 29.1 Å². The summed E-state index contributed by atoms with van der Waals surface area (Å²) in [5.41, 5.74) is -1.60.